The zero-order valence-electron chi connectivity index (χ0n) is 18.3. The number of aryl methyl sites for hydroxylation is 1. The van der Waals surface area contributed by atoms with Crippen LogP contribution in [0.15, 0.2) is 48.5 Å². The third-order valence-electron chi connectivity index (χ3n) is 6.70. The van der Waals surface area contributed by atoms with E-state index in [2.05, 4.69) is 26.0 Å². The smallest absolute Gasteiger partial charge is 0.166 e. The lowest BCUT2D eigenvalue weighted by atomic mass is 9.77. The standard InChI is InChI=1S/C27H35F3/c1-20(2)4-3-5-21-6-8-22(9-7-21)10-11-23-12-14-24(15-13-23)25-16-18-26(19-17-25)27(28,29)30/h12-22H,3-11H2,1-2H3. The normalized spacial score (nSPS) is 19.9. The highest BCUT2D eigenvalue weighted by atomic mass is 19.4. The molecule has 1 saturated carbocycles. The van der Waals surface area contributed by atoms with Crippen LogP contribution in [0.5, 0.6) is 0 Å². The lowest BCUT2D eigenvalue weighted by molar-refractivity contribution is -0.137. The Kier molecular flexibility index (Phi) is 8.02. The van der Waals surface area contributed by atoms with E-state index >= 15 is 0 Å². The number of halogens is 3. The largest absolute Gasteiger partial charge is 0.416 e. The van der Waals surface area contributed by atoms with E-state index in [1.807, 2.05) is 12.1 Å². The van der Waals surface area contributed by atoms with Gasteiger partial charge >= 0.3 is 6.18 Å². The molecule has 164 valence electrons. The van der Waals surface area contributed by atoms with Gasteiger partial charge in [0.2, 0.25) is 0 Å². The second kappa shape index (κ2) is 10.5. The molecule has 0 bridgehead atoms. The summed E-state index contributed by atoms with van der Waals surface area (Å²) in [5.74, 6) is 2.62. The van der Waals surface area contributed by atoms with Crippen LogP contribution in [-0.2, 0) is 12.6 Å². The van der Waals surface area contributed by atoms with Crippen LogP contribution in [-0.4, -0.2) is 0 Å². The van der Waals surface area contributed by atoms with Crippen LogP contribution in [0.4, 0.5) is 13.2 Å². The van der Waals surface area contributed by atoms with Crippen molar-refractivity contribution in [2.45, 2.75) is 77.8 Å². The Morgan fingerprint density at radius 2 is 1.27 bits per heavy atom. The summed E-state index contributed by atoms with van der Waals surface area (Å²) >= 11 is 0. The Morgan fingerprint density at radius 1 is 0.767 bits per heavy atom. The number of benzene rings is 2. The Morgan fingerprint density at radius 3 is 1.77 bits per heavy atom. The lowest BCUT2D eigenvalue weighted by Crippen LogP contribution is -2.15. The van der Waals surface area contributed by atoms with Gasteiger partial charge < -0.3 is 0 Å². The van der Waals surface area contributed by atoms with Gasteiger partial charge in [-0.3, -0.25) is 0 Å². The molecule has 0 amide bonds. The zero-order valence-corrected chi connectivity index (χ0v) is 18.3. The highest BCUT2D eigenvalue weighted by Crippen LogP contribution is 2.35. The molecule has 0 aliphatic heterocycles. The van der Waals surface area contributed by atoms with Gasteiger partial charge in [0.15, 0.2) is 0 Å². The van der Waals surface area contributed by atoms with Crippen LogP contribution in [0.2, 0.25) is 0 Å². The summed E-state index contributed by atoms with van der Waals surface area (Å²) in [5, 5.41) is 0. The van der Waals surface area contributed by atoms with Crippen LogP contribution in [0.25, 0.3) is 11.1 Å². The topological polar surface area (TPSA) is 0 Å². The summed E-state index contributed by atoms with van der Waals surface area (Å²) in [6, 6.07) is 13.7. The molecule has 2 aromatic carbocycles. The van der Waals surface area contributed by atoms with Gasteiger partial charge in [-0.1, -0.05) is 95.2 Å². The van der Waals surface area contributed by atoms with Crippen molar-refractivity contribution >= 4 is 0 Å². The quantitative estimate of drug-likeness (QED) is 0.403. The molecule has 0 atom stereocenters. The molecule has 2 aromatic rings. The molecular weight excluding hydrogens is 381 g/mol. The van der Waals surface area contributed by atoms with Crippen molar-refractivity contribution in [1.82, 2.24) is 0 Å². The summed E-state index contributed by atoms with van der Waals surface area (Å²) < 4.78 is 38.2. The number of rotatable bonds is 8. The molecule has 0 saturated heterocycles. The summed E-state index contributed by atoms with van der Waals surface area (Å²) in [6.45, 7) is 4.62. The van der Waals surface area contributed by atoms with E-state index in [-0.39, 0.29) is 0 Å². The Labute approximate surface area is 179 Å². The van der Waals surface area contributed by atoms with E-state index < -0.39 is 11.7 Å². The fourth-order valence-electron chi connectivity index (χ4n) is 4.71. The monoisotopic (exact) mass is 416 g/mol. The van der Waals surface area contributed by atoms with Gasteiger partial charge in [-0.05, 0) is 59.4 Å². The summed E-state index contributed by atoms with van der Waals surface area (Å²) in [5.41, 5.74) is 2.52. The van der Waals surface area contributed by atoms with Gasteiger partial charge in [0.25, 0.3) is 0 Å². The van der Waals surface area contributed by atoms with Crippen molar-refractivity contribution < 1.29 is 13.2 Å². The van der Waals surface area contributed by atoms with Gasteiger partial charge in [0.05, 0.1) is 5.56 Å². The molecule has 0 heterocycles. The van der Waals surface area contributed by atoms with E-state index in [4.69, 9.17) is 0 Å². The average molecular weight is 417 g/mol. The molecule has 0 aromatic heterocycles. The molecule has 1 aliphatic carbocycles. The predicted molar refractivity (Wildman–Crippen MR) is 119 cm³/mol. The fourth-order valence-corrected chi connectivity index (χ4v) is 4.71. The van der Waals surface area contributed by atoms with Crippen molar-refractivity contribution in [3.63, 3.8) is 0 Å². The van der Waals surface area contributed by atoms with Crippen molar-refractivity contribution in [1.29, 1.82) is 0 Å². The lowest BCUT2D eigenvalue weighted by Gasteiger charge is -2.28. The SMILES string of the molecule is CC(C)CCCC1CCC(CCc2ccc(-c3ccc(C(F)(F)F)cc3)cc2)CC1. The van der Waals surface area contributed by atoms with Crippen LogP contribution in [0, 0.1) is 17.8 Å². The minimum atomic E-state index is -4.28. The molecule has 0 radical (unpaired) electrons. The minimum absolute atomic E-state index is 0.600. The van der Waals surface area contributed by atoms with Crippen LogP contribution < -0.4 is 0 Å². The van der Waals surface area contributed by atoms with Crippen molar-refractivity contribution in [2.75, 3.05) is 0 Å². The van der Waals surface area contributed by atoms with Crippen LogP contribution in [0.3, 0.4) is 0 Å². The number of hydrogen-bond donors (Lipinski definition) is 0. The molecule has 0 N–H and O–H groups in total. The number of alkyl halides is 3. The maximum absolute atomic E-state index is 12.7. The van der Waals surface area contributed by atoms with Gasteiger partial charge in [-0.25, -0.2) is 0 Å². The van der Waals surface area contributed by atoms with Crippen LogP contribution in [0.1, 0.15) is 76.3 Å². The van der Waals surface area contributed by atoms with Gasteiger partial charge in [-0.15, -0.1) is 0 Å². The van der Waals surface area contributed by atoms with Gasteiger partial charge in [-0.2, -0.15) is 13.2 Å². The highest BCUT2D eigenvalue weighted by molar-refractivity contribution is 5.64. The zero-order chi connectivity index (χ0) is 21.6. The van der Waals surface area contributed by atoms with Crippen molar-refractivity contribution in [3.05, 3.63) is 59.7 Å². The molecule has 3 rings (SSSR count). The number of hydrogen-bond acceptors (Lipinski definition) is 0. The first-order valence-electron chi connectivity index (χ1n) is 11.6. The van der Waals surface area contributed by atoms with Crippen LogP contribution >= 0.6 is 0 Å². The first kappa shape index (κ1) is 22.9. The molecule has 0 spiro atoms. The second-order valence-electron chi connectivity index (χ2n) is 9.52. The van der Waals surface area contributed by atoms with Gasteiger partial charge in [0.1, 0.15) is 0 Å². The Balaban J connectivity index is 1.43. The first-order chi connectivity index (χ1) is 14.3. The summed E-state index contributed by atoms with van der Waals surface area (Å²) in [4.78, 5) is 0. The third-order valence-corrected chi connectivity index (χ3v) is 6.70. The molecule has 1 aliphatic rings. The Bertz CT molecular complexity index is 748. The second-order valence-corrected chi connectivity index (χ2v) is 9.52. The average Bonchev–Trinajstić information content (AvgIpc) is 2.73. The van der Waals surface area contributed by atoms with E-state index in [0.29, 0.717) is 0 Å². The molecule has 0 nitrogen and oxygen atoms in total. The minimum Gasteiger partial charge on any atom is -0.166 e. The molecule has 1 fully saturated rings. The van der Waals surface area contributed by atoms with Crippen molar-refractivity contribution in [2.24, 2.45) is 17.8 Å². The van der Waals surface area contributed by atoms with Gasteiger partial charge in [0, 0.05) is 0 Å². The predicted octanol–water partition coefficient (Wildman–Crippen LogP) is 8.94. The van der Waals surface area contributed by atoms with E-state index in [9.17, 15) is 13.2 Å². The molecule has 30 heavy (non-hydrogen) atoms. The maximum atomic E-state index is 12.7. The van der Waals surface area contributed by atoms with E-state index in [0.717, 1.165) is 47.4 Å². The molecule has 3 heteroatoms. The van der Waals surface area contributed by atoms with E-state index in [1.54, 1.807) is 12.1 Å². The Hall–Kier alpha value is -1.77. The summed E-state index contributed by atoms with van der Waals surface area (Å²) in [6.07, 6.45) is 7.76. The highest BCUT2D eigenvalue weighted by Gasteiger charge is 2.30. The first-order valence-corrected chi connectivity index (χ1v) is 11.6. The fraction of sp³-hybridized carbons (Fsp3) is 0.556. The third kappa shape index (κ3) is 6.89. The summed E-state index contributed by atoms with van der Waals surface area (Å²) in [7, 11) is 0. The molecule has 0 unspecified atom stereocenters. The maximum Gasteiger partial charge on any atom is 0.416 e. The van der Waals surface area contributed by atoms with Crippen molar-refractivity contribution in [3.8, 4) is 11.1 Å². The molecular formula is C27H35F3. The van der Waals surface area contributed by atoms with E-state index in [1.165, 1.54) is 56.9 Å².